The van der Waals surface area contributed by atoms with Gasteiger partial charge in [-0.3, -0.25) is 0 Å². The minimum atomic E-state index is -1.03. The zero-order chi connectivity index (χ0) is 12.0. The van der Waals surface area contributed by atoms with Crippen LogP contribution in [0.15, 0.2) is 0 Å². The standard InChI is InChI=1S/2C5H9NO2.Cu/c2*7-5(8)6-3-1-2-4-6;/h2*1-4H2,(H,7,8);/q;;+2/p-2. The molecule has 2 amide bonds. The normalized spacial score (nSPS) is 18.1. The monoisotopic (exact) mass is 291 g/mol. The van der Waals surface area contributed by atoms with Crippen LogP contribution in [-0.4, -0.2) is 48.2 Å². The number of carboxylic acid groups (broad SMARTS) is 2. The molecule has 0 spiro atoms. The molecule has 2 fully saturated rings. The van der Waals surface area contributed by atoms with Gasteiger partial charge in [0.2, 0.25) is 0 Å². The number of hydrogen-bond acceptors (Lipinski definition) is 4. The van der Waals surface area contributed by atoms with Crippen LogP contribution in [0.1, 0.15) is 25.7 Å². The zero-order valence-corrected chi connectivity index (χ0v) is 10.4. The van der Waals surface area contributed by atoms with Crippen molar-refractivity contribution in [2.24, 2.45) is 0 Å². The van der Waals surface area contributed by atoms with Crippen molar-refractivity contribution in [3.8, 4) is 0 Å². The van der Waals surface area contributed by atoms with E-state index in [-0.39, 0.29) is 17.1 Å². The number of hydrogen-bond donors (Lipinski definition) is 0. The molecule has 0 aromatic rings. The SMILES string of the molecule is O=C([O-])N1CCCC1.O=C([O-])N1CCCC1.[Cu+2]. The van der Waals surface area contributed by atoms with Crippen LogP contribution in [0.25, 0.3) is 0 Å². The Hall–Kier alpha value is -0.941. The summed E-state index contributed by atoms with van der Waals surface area (Å²) in [6, 6.07) is 0. The molecule has 101 valence electrons. The number of likely N-dealkylation sites (tertiary alicyclic amines) is 2. The maximum absolute atomic E-state index is 10.0. The van der Waals surface area contributed by atoms with E-state index in [0.717, 1.165) is 25.7 Å². The molecule has 0 aromatic heterocycles. The van der Waals surface area contributed by atoms with Gasteiger partial charge in [0, 0.05) is 26.2 Å². The second-order valence-corrected chi connectivity index (χ2v) is 3.92. The molecule has 6 nitrogen and oxygen atoms in total. The van der Waals surface area contributed by atoms with Gasteiger partial charge in [-0.1, -0.05) is 0 Å². The zero-order valence-electron chi connectivity index (χ0n) is 9.49. The Morgan fingerprint density at radius 1 is 0.706 bits per heavy atom. The van der Waals surface area contributed by atoms with Gasteiger partial charge in [-0.2, -0.15) is 0 Å². The molecule has 0 aliphatic carbocycles. The average Bonchev–Trinajstić information content (AvgIpc) is 2.93. The third-order valence-corrected chi connectivity index (χ3v) is 2.73. The van der Waals surface area contributed by atoms with Gasteiger partial charge < -0.3 is 29.6 Å². The molecule has 2 saturated heterocycles. The van der Waals surface area contributed by atoms with Gasteiger partial charge in [-0.05, 0) is 25.7 Å². The second kappa shape index (κ2) is 8.19. The minimum absolute atomic E-state index is 0. The first kappa shape index (κ1) is 16.1. The van der Waals surface area contributed by atoms with E-state index >= 15 is 0 Å². The van der Waals surface area contributed by atoms with Crippen molar-refractivity contribution in [1.82, 2.24) is 9.80 Å². The number of nitrogens with zero attached hydrogens (tertiary/aromatic N) is 2. The Morgan fingerprint density at radius 2 is 0.941 bits per heavy atom. The molecule has 0 bridgehead atoms. The van der Waals surface area contributed by atoms with Crippen molar-refractivity contribution in [2.75, 3.05) is 26.2 Å². The summed E-state index contributed by atoms with van der Waals surface area (Å²) in [6.07, 6.45) is 1.93. The molecule has 2 rings (SSSR count). The molecule has 1 radical (unpaired) electrons. The van der Waals surface area contributed by atoms with Gasteiger partial charge in [0.15, 0.2) is 0 Å². The van der Waals surface area contributed by atoms with Crippen molar-refractivity contribution in [1.29, 1.82) is 0 Å². The predicted octanol–water partition coefficient (Wildman–Crippen LogP) is -1.15. The fraction of sp³-hybridized carbons (Fsp3) is 0.800. The molecule has 0 N–H and O–H groups in total. The van der Waals surface area contributed by atoms with Gasteiger partial charge in [0.25, 0.3) is 0 Å². The maximum atomic E-state index is 10.0. The molecule has 0 atom stereocenters. The van der Waals surface area contributed by atoms with E-state index in [2.05, 4.69) is 0 Å². The molecule has 0 aromatic carbocycles. The van der Waals surface area contributed by atoms with Gasteiger partial charge >= 0.3 is 17.1 Å². The molecule has 0 unspecified atom stereocenters. The van der Waals surface area contributed by atoms with Crippen molar-refractivity contribution < 1.29 is 36.9 Å². The summed E-state index contributed by atoms with van der Waals surface area (Å²) in [4.78, 5) is 22.7. The number of rotatable bonds is 0. The van der Waals surface area contributed by atoms with Crippen LogP contribution in [-0.2, 0) is 17.1 Å². The van der Waals surface area contributed by atoms with E-state index in [9.17, 15) is 19.8 Å². The van der Waals surface area contributed by atoms with Crippen LogP contribution in [0.3, 0.4) is 0 Å². The van der Waals surface area contributed by atoms with E-state index in [4.69, 9.17) is 0 Å². The average molecular weight is 292 g/mol. The van der Waals surface area contributed by atoms with Crippen molar-refractivity contribution in [3.05, 3.63) is 0 Å². The first-order chi connectivity index (χ1) is 7.61. The van der Waals surface area contributed by atoms with Gasteiger partial charge in [0.05, 0.1) is 0 Å². The van der Waals surface area contributed by atoms with Gasteiger partial charge in [-0.25, -0.2) is 0 Å². The molecule has 2 aliphatic rings. The third-order valence-electron chi connectivity index (χ3n) is 2.73. The summed E-state index contributed by atoms with van der Waals surface area (Å²) in [5.41, 5.74) is 0. The second-order valence-electron chi connectivity index (χ2n) is 3.92. The first-order valence-electron chi connectivity index (χ1n) is 5.53. The number of carbonyl (C=O) groups is 2. The van der Waals surface area contributed by atoms with Crippen molar-refractivity contribution in [3.63, 3.8) is 0 Å². The van der Waals surface area contributed by atoms with E-state index in [1.807, 2.05) is 0 Å². The first-order valence-corrected chi connectivity index (χ1v) is 5.53. The van der Waals surface area contributed by atoms with E-state index < -0.39 is 12.2 Å². The molecular formula is C10H16CuN2O4. The summed E-state index contributed by atoms with van der Waals surface area (Å²) < 4.78 is 0. The van der Waals surface area contributed by atoms with Crippen LogP contribution in [0.5, 0.6) is 0 Å². The summed E-state index contributed by atoms with van der Waals surface area (Å²) >= 11 is 0. The Morgan fingerprint density at radius 3 is 1.06 bits per heavy atom. The van der Waals surface area contributed by atoms with Crippen molar-refractivity contribution in [2.45, 2.75) is 25.7 Å². The summed E-state index contributed by atoms with van der Waals surface area (Å²) in [6.45, 7) is 2.68. The Balaban J connectivity index is 0.000000284. The summed E-state index contributed by atoms with van der Waals surface area (Å²) in [7, 11) is 0. The third kappa shape index (κ3) is 5.79. The van der Waals surface area contributed by atoms with Crippen LogP contribution >= 0.6 is 0 Å². The molecule has 2 aliphatic heterocycles. The fourth-order valence-electron chi connectivity index (χ4n) is 1.80. The molecule has 0 saturated carbocycles. The maximum Gasteiger partial charge on any atom is 2.00 e. The summed E-state index contributed by atoms with van der Waals surface area (Å²) in [5.74, 6) is 0. The van der Waals surface area contributed by atoms with E-state index in [0.29, 0.717) is 26.2 Å². The smallest absolute Gasteiger partial charge is 0.530 e. The fourth-order valence-corrected chi connectivity index (χ4v) is 1.80. The van der Waals surface area contributed by atoms with Gasteiger partial charge in [-0.15, -0.1) is 0 Å². The molecular weight excluding hydrogens is 276 g/mol. The largest absolute Gasteiger partial charge is 2.00 e. The van der Waals surface area contributed by atoms with Crippen LogP contribution < -0.4 is 10.2 Å². The molecule has 17 heavy (non-hydrogen) atoms. The topological polar surface area (TPSA) is 86.7 Å². The Kier molecular flexibility index (Phi) is 7.74. The number of amides is 2. The van der Waals surface area contributed by atoms with Crippen LogP contribution in [0.4, 0.5) is 9.59 Å². The molecule has 7 heteroatoms. The van der Waals surface area contributed by atoms with Gasteiger partial charge in [0.1, 0.15) is 12.2 Å². The Labute approximate surface area is 111 Å². The quantitative estimate of drug-likeness (QED) is 0.527. The van der Waals surface area contributed by atoms with Crippen LogP contribution in [0.2, 0.25) is 0 Å². The number of carbonyl (C=O) groups excluding carboxylic acids is 2. The van der Waals surface area contributed by atoms with E-state index in [1.54, 1.807) is 0 Å². The van der Waals surface area contributed by atoms with Crippen LogP contribution in [0, 0.1) is 0 Å². The van der Waals surface area contributed by atoms with Crippen molar-refractivity contribution >= 4 is 12.2 Å². The van der Waals surface area contributed by atoms with E-state index in [1.165, 1.54) is 9.80 Å². The Bertz CT molecular complexity index is 225. The molecule has 2 heterocycles. The predicted molar refractivity (Wildman–Crippen MR) is 52.4 cm³/mol. The minimum Gasteiger partial charge on any atom is -0.530 e. The summed E-state index contributed by atoms with van der Waals surface area (Å²) in [5, 5.41) is 20.0.